The largest absolute Gasteiger partial charge is 0.492 e. The molecule has 5 heteroatoms. The van der Waals surface area contributed by atoms with Crippen LogP contribution in [0.2, 0.25) is 0 Å². The van der Waals surface area contributed by atoms with Crippen molar-refractivity contribution in [1.29, 1.82) is 0 Å². The van der Waals surface area contributed by atoms with Crippen LogP contribution in [-0.2, 0) is 4.79 Å². The van der Waals surface area contributed by atoms with Gasteiger partial charge in [0.2, 0.25) is 0 Å². The molecular formula is C13H16O5. The quantitative estimate of drug-likeness (QED) is 0.643. The van der Waals surface area contributed by atoms with Gasteiger partial charge in [0.1, 0.15) is 17.1 Å². The number of carboxylic acid groups (broad SMARTS) is 1. The molecular weight excluding hydrogens is 236 g/mol. The van der Waals surface area contributed by atoms with Gasteiger partial charge in [0.15, 0.2) is 0 Å². The lowest BCUT2D eigenvalue weighted by atomic mass is 10.2. The number of rotatable bonds is 5. The summed E-state index contributed by atoms with van der Waals surface area (Å²) in [5.41, 5.74) is 0.0477. The Morgan fingerprint density at radius 3 is 2.50 bits per heavy atom. The van der Waals surface area contributed by atoms with E-state index >= 15 is 0 Å². The summed E-state index contributed by atoms with van der Waals surface area (Å²) in [4.78, 5) is 21.8. The third kappa shape index (κ3) is 4.08. The zero-order valence-electron chi connectivity index (χ0n) is 10.6. The summed E-state index contributed by atoms with van der Waals surface area (Å²) >= 11 is 0. The first-order chi connectivity index (χ1) is 8.40. The van der Waals surface area contributed by atoms with Gasteiger partial charge in [-0.2, -0.15) is 0 Å². The molecule has 1 aromatic carbocycles. The third-order valence-corrected chi connectivity index (χ3v) is 2.02. The summed E-state index contributed by atoms with van der Waals surface area (Å²) in [7, 11) is 0. The predicted molar refractivity (Wildman–Crippen MR) is 65.0 cm³/mol. The summed E-state index contributed by atoms with van der Waals surface area (Å²) in [5.74, 6) is -0.804. The van der Waals surface area contributed by atoms with E-state index in [1.165, 1.54) is 25.1 Å². The Labute approximate surface area is 105 Å². The zero-order valence-corrected chi connectivity index (χ0v) is 10.6. The smallest absolute Gasteiger partial charge is 0.339 e. The minimum Gasteiger partial charge on any atom is -0.492 e. The maximum absolute atomic E-state index is 11.0. The van der Waals surface area contributed by atoms with Gasteiger partial charge < -0.3 is 14.6 Å². The van der Waals surface area contributed by atoms with Crippen LogP contribution in [0.5, 0.6) is 11.5 Å². The van der Waals surface area contributed by atoms with Crippen LogP contribution in [0.4, 0.5) is 0 Å². The van der Waals surface area contributed by atoms with E-state index in [2.05, 4.69) is 0 Å². The van der Waals surface area contributed by atoms with Gasteiger partial charge in [-0.3, -0.25) is 4.79 Å². The van der Waals surface area contributed by atoms with Gasteiger partial charge in [-0.15, -0.1) is 0 Å². The van der Waals surface area contributed by atoms with Gasteiger partial charge in [-0.1, -0.05) is 13.8 Å². The molecule has 0 aliphatic rings. The van der Waals surface area contributed by atoms with Crippen molar-refractivity contribution in [2.24, 2.45) is 5.92 Å². The Balaban J connectivity index is 2.99. The Morgan fingerprint density at radius 2 is 2.00 bits per heavy atom. The van der Waals surface area contributed by atoms with Crippen LogP contribution >= 0.6 is 0 Å². The summed E-state index contributed by atoms with van der Waals surface area (Å²) in [6, 6.07) is 4.19. The fourth-order valence-corrected chi connectivity index (χ4v) is 1.28. The minimum absolute atomic E-state index is 0.0477. The SMILES string of the molecule is CC(=O)Oc1ccc(C(=O)O)c(OCC(C)C)c1. The highest BCUT2D eigenvalue weighted by molar-refractivity contribution is 5.91. The fourth-order valence-electron chi connectivity index (χ4n) is 1.28. The highest BCUT2D eigenvalue weighted by Crippen LogP contribution is 2.25. The van der Waals surface area contributed by atoms with E-state index in [-0.39, 0.29) is 23.0 Å². The number of carboxylic acids is 1. The molecule has 0 spiro atoms. The van der Waals surface area contributed by atoms with E-state index in [1.807, 2.05) is 13.8 Å². The zero-order chi connectivity index (χ0) is 13.7. The molecule has 1 rings (SSSR count). The molecule has 0 saturated heterocycles. The Morgan fingerprint density at radius 1 is 1.33 bits per heavy atom. The lowest BCUT2D eigenvalue weighted by Crippen LogP contribution is -2.09. The van der Waals surface area contributed by atoms with Crippen molar-refractivity contribution in [2.45, 2.75) is 20.8 Å². The summed E-state index contributed by atoms with van der Waals surface area (Å²) < 4.78 is 10.3. The average Bonchev–Trinajstić information content (AvgIpc) is 2.25. The first-order valence-electron chi connectivity index (χ1n) is 5.58. The number of ether oxygens (including phenoxy) is 2. The van der Waals surface area contributed by atoms with Gasteiger partial charge in [0.25, 0.3) is 0 Å². The van der Waals surface area contributed by atoms with Gasteiger partial charge in [-0.05, 0) is 18.1 Å². The number of hydrogen-bond donors (Lipinski definition) is 1. The van der Waals surface area contributed by atoms with E-state index in [4.69, 9.17) is 14.6 Å². The monoisotopic (exact) mass is 252 g/mol. The topological polar surface area (TPSA) is 72.8 Å². The van der Waals surface area contributed by atoms with Crippen LogP contribution in [0, 0.1) is 5.92 Å². The molecule has 1 N–H and O–H groups in total. The number of hydrogen-bond acceptors (Lipinski definition) is 4. The number of carbonyl (C=O) groups excluding carboxylic acids is 1. The summed E-state index contributed by atoms with van der Waals surface area (Å²) in [6.45, 7) is 5.58. The second-order valence-corrected chi connectivity index (χ2v) is 4.26. The van der Waals surface area contributed by atoms with Gasteiger partial charge in [0.05, 0.1) is 6.61 Å². The Hall–Kier alpha value is -2.04. The van der Waals surface area contributed by atoms with Crippen molar-refractivity contribution in [2.75, 3.05) is 6.61 Å². The molecule has 0 bridgehead atoms. The molecule has 0 aliphatic heterocycles. The molecule has 0 fully saturated rings. The van der Waals surface area contributed by atoms with E-state index < -0.39 is 11.9 Å². The molecule has 1 aromatic rings. The van der Waals surface area contributed by atoms with E-state index in [1.54, 1.807) is 0 Å². The molecule has 0 aromatic heterocycles. The standard InChI is InChI=1S/C13H16O5/c1-8(2)7-17-12-6-10(18-9(3)14)4-5-11(12)13(15)16/h4-6,8H,7H2,1-3H3,(H,15,16). The predicted octanol–water partition coefficient (Wildman–Crippen LogP) is 2.34. The van der Waals surface area contributed by atoms with Crippen LogP contribution in [0.3, 0.4) is 0 Å². The van der Waals surface area contributed by atoms with Crippen molar-refractivity contribution >= 4 is 11.9 Å². The molecule has 0 aliphatic carbocycles. The second kappa shape index (κ2) is 6.05. The highest BCUT2D eigenvalue weighted by Gasteiger charge is 2.13. The fraction of sp³-hybridized carbons (Fsp3) is 0.385. The molecule has 0 radical (unpaired) electrons. The Bertz CT molecular complexity index is 451. The first kappa shape index (κ1) is 14.0. The lowest BCUT2D eigenvalue weighted by Gasteiger charge is -2.12. The van der Waals surface area contributed by atoms with E-state index in [0.29, 0.717) is 6.61 Å². The third-order valence-electron chi connectivity index (χ3n) is 2.02. The molecule has 0 saturated carbocycles. The lowest BCUT2D eigenvalue weighted by molar-refractivity contribution is -0.131. The number of aromatic carboxylic acids is 1. The number of benzene rings is 1. The van der Waals surface area contributed by atoms with Gasteiger partial charge in [-0.25, -0.2) is 4.79 Å². The summed E-state index contributed by atoms with van der Waals surface area (Å²) in [6.07, 6.45) is 0. The van der Waals surface area contributed by atoms with E-state index in [0.717, 1.165) is 0 Å². The van der Waals surface area contributed by atoms with Gasteiger partial charge >= 0.3 is 11.9 Å². The summed E-state index contributed by atoms with van der Waals surface area (Å²) in [5, 5.41) is 9.02. The van der Waals surface area contributed by atoms with Crippen molar-refractivity contribution in [3.05, 3.63) is 23.8 Å². The Kier molecular flexibility index (Phi) is 4.71. The van der Waals surface area contributed by atoms with Crippen LogP contribution in [0.25, 0.3) is 0 Å². The minimum atomic E-state index is -1.08. The van der Waals surface area contributed by atoms with E-state index in [9.17, 15) is 9.59 Å². The number of esters is 1. The van der Waals surface area contributed by atoms with Crippen LogP contribution < -0.4 is 9.47 Å². The van der Waals surface area contributed by atoms with Crippen LogP contribution in [0.15, 0.2) is 18.2 Å². The highest BCUT2D eigenvalue weighted by atomic mass is 16.5. The van der Waals surface area contributed by atoms with Gasteiger partial charge in [0, 0.05) is 13.0 Å². The van der Waals surface area contributed by atoms with Crippen LogP contribution in [0.1, 0.15) is 31.1 Å². The average molecular weight is 252 g/mol. The van der Waals surface area contributed by atoms with Crippen molar-refractivity contribution < 1.29 is 24.2 Å². The molecule has 98 valence electrons. The van der Waals surface area contributed by atoms with Crippen molar-refractivity contribution in [1.82, 2.24) is 0 Å². The molecule has 0 amide bonds. The van der Waals surface area contributed by atoms with Crippen LogP contribution in [-0.4, -0.2) is 23.7 Å². The molecule has 0 atom stereocenters. The maximum atomic E-state index is 11.0. The first-order valence-corrected chi connectivity index (χ1v) is 5.58. The molecule has 18 heavy (non-hydrogen) atoms. The number of carbonyl (C=O) groups is 2. The second-order valence-electron chi connectivity index (χ2n) is 4.26. The molecule has 0 heterocycles. The van der Waals surface area contributed by atoms with Crippen molar-refractivity contribution in [3.8, 4) is 11.5 Å². The normalized spacial score (nSPS) is 10.2. The maximum Gasteiger partial charge on any atom is 0.339 e. The molecule has 5 nitrogen and oxygen atoms in total. The molecule has 0 unspecified atom stereocenters. The van der Waals surface area contributed by atoms with Crippen molar-refractivity contribution in [3.63, 3.8) is 0 Å².